The number of nitrogens with one attached hydrogen (secondary N) is 1. The first-order valence-electron chi connectivity index (χ1n) is 7.34. The Morgan fingerprint density at radius 2 is 2.00 bits per heavy atom. The molecule has 25 heavy (non-hydrogen) atoms. The summed E-state index contributed by atoms with van der Waals surface area (Å²) < 4.78 is 38.5. The molecule has 0 radical (unpaired) electrons. The topological polar surface area (TPSA) is 80.0 Å². The third kappa shape index (κ3) is 4.29. The van der Waals surface area contributed by atoms with Crippen LogP contribution in [0, 0.1) is 5.92 Å². The highest BCUT2D eigenvalue weighted by Crippen LogP contribution is 2.28. The van der Waals surface area contributed by atoms with Crippen molar-refractivity contribution in [2.45, 2.75) is 26.1 Å². The molecule has 2 aromatic rings. The Morgan fingerprint density at radius 3 is 2.48 bits per heavy atom. The average molecular weight is 377 g/mol. The van der Waals surface area contributed by atoms with Crippen LogP contribution in [-0.4, -0.2) is 32.5 Å². The van der Waals surface area contributed by atoms with Gasteiger partial charge >= 0.3 is 6.18 Å². The van der Waals surface area contributed by atoms with E-state index >= 15 is 0 Å². The van der Waals surface area contributed by atoms with Gasteiger partial charge in [0.15, 0.2) is 5.82 Å². The van der Waals surface area contributed by atoms with Crippen LogP contribution in [0.3, 0.4) is 0 Å². The van der Waals surface area contributed by atoms with Gasteiger partial charge in [-0.05, 0) is 18.1 Å². The van der Waals surface area contributed by atoms with E-state index in [9.17, 15) is 23.1 Å². The molecule has 1 atom stereocenters. The van der Waals surface area contributed by atoms with Crippen LogP contribution < -0.4 is 10.9 Å². The molecular formula is C15H16ClF3N4O2. The summed E-state index contributed by atoms with van der Waals surface area (Å²) in [6.07, 6.45) is -2.65. The van der Waals surface area contributed by atoms with E-state index in [1.165, 1.54) is 6.20 Å². The van der Waals surface area contributed by atoms with Crippen LogP contribution in [0.25, 0.3) is 5.82 Å². The number of hydrogen-bond donors (Lipinski definition) is 2. The SMILES string of the molecule is CC(C)[C@@H](CO)Nc1cnn(-c2ccc(C(F)(F)F)cn2)c(=O)c1Cl. The molecule has 0 aromatic carbocycles. The van der Waals surface area contributed by atoms with E-state index in [0.717, 1.165) is 16.8 Å². The Labute approximate surface area is 146 Å². The first kappa shape index (κ1) is 19.2. The predicted molar refractivity (Wildman–Crippen MR) is 87.0 cm³/mol. The van der Waals surface area contributed by atoms with Crippen LogP contribution in [0.4, 0.5) is 18.9 Å². The number of halogens is 4. The van der Waals surface area contributed by atoms with Crippen LogP contribution >= 0.6 is 11.6 Å². The number of hydrogen-bond acceptors (Lipinski definition) is 5. The van der Waals surface area contributed by atoms with Crippen molar-refractivity contribution in [1.82, 2.24) is 14.8 Å². The molecule has 2 heterocycles. The molecule has 0 unspecified atom stereocenters. The van der Waals surface area contributed by atoms with Gasteiger partial charge in [0.2, 0.25) is 0 Å². The van der Waals surface area contributed by atoms with E-state index in [4.69, 9.17) is 11.6 Å². The van der Waals surface area contributed by atoms with Crippen molar-refractivity contribution in [2.24, 2.45) is 5.92 Å². The van der Waals surface area contributed by atoms with Crippen LogP contribution in [-0.2, 0) is 6.18 Å². The monoisotopic (exact) mass is 376 g/mol. The van der Waals surface area contributed by atoms with E-state index in [2.05, 4.69) is 15.4 Å². The van der Waals surface area contributed by atoms with Crippen LogP contribution in [0.15, 0.2) is 29.3 Å². The molecule has 0 saturated heterocycles. The lowest BCUT2D eigenvalue weighted by atomic mass is 10.1. The van der Waals surface area contributed by atoms with Gasteiger partial charge in [0.25, 0.3) is 5.56 Å². The summed E-state index contributed by atoms with van der Waals surface area (Å²) in [5.41, 5.74) is -1.45. The van der Waals surface area contributed by atoms with Gasteiger partial charge in [0, 0.05) is 6.20 Å². The average Bonchev–Trinajstić information content (AvgIpc) is 2.55. The van der Waals surface area contributed by atoms with Gasteiger partial charge in [0.1, 0.15) is 5.02 Å². The molecule has 2 N–H and O–H groups in total. The number of anilines is 1. The van der Waals surface area contributed by atoms with E-state index in [-0.39, 0.29) is 35.1 Å². The smallest absolute Gasteiger partial charge is 0.394 e. The zero-order valence-corrected chi connectivity index (χ0v) is 14.1. The second-order valence-corrected chi connectivity index (χ2v) is 6.05. The minimum atomic E-state index is -4.52. The predicted octanol–water partition coefficient (Wildman–Crippen LogP) is 2.73. The van der Waals surface area contributed by atoms with Crippen LogP contribution in [0.1, 0.15) is 19.4 Å². The maximum absolute atomic E-state index is 12.6. The third-order valence-electron chi connectivity index (χ3n) is 3.55. The summed E-state index contributed by atoms with van der Waals surface area (Å²) in [5, 5.41) is 15.9. The molecule has 2 aromatic heterocycles. The van der Waals surface area contributed by atoms with Crippen LogP contribution in [0.5, 0.6) is 0 Å². The van der Waals surface area contributed by atoms with Crippen molar-refractivity contribution in [3.05, 3.63) is 45.5 Å². The van der Waals surface area contributed by atoms with Gasteiger partial charge in [-0.15, -0.1) is 0 Å². The molecule has 0 aliphatic heterocycles. The molecule has 0 aliphatic rings. The fourth-order valence-corrected chi connectivity index (χ4v) is 2.18. The third-order valence-corrected chi connectivity index (χ3v) is 3.92. The number of aliphatic hydroxyl groups excluding tert-OH is 1. The van der Waals surface area contributed by atoms with Crippen molar-refractivity contribution in [3.8, 4) is 5.82 Å². The zero-order valence-electron chi connectivity index (χ0n) is 13.4. The lowest BCUT2D eigenvalue weighted by Crippen LogP contribution is -2.31. The van der Waals surface area contributed by atoms with Crippen molar-refractivity contribution < 1.29 is 18.3 Å². The molecule has 0 bridgehead atoms. The highest BCUT2D eigenvalue weighted by atomic mass is 35.5. The molecule has 6 nitrogen and oxygen atoms in total. The van der Waals surface area contributed by atoms with Gasteiger partial charge < -0.3 is 10.4 Å². The van der Waals surface area contributed by atoms with Crippen LogP contribution in [0.2, 0.25) is 5.02 Å². The Hall–Kier alpha value is -2.13. The maximum atomic E-state index is 12.6. The largest absolute Gasteiger partial charge is 0.417 e. The Balaban J connectivity index is 2.36. The fourth-order valence-electron chi connectivity index (χ4n) is 2.00. The molecule has 10 heteroatoms. The van der Waals surface area contributed by atoms with Gasteiger partial charge in [-0.2, -0.15) is 23.0 Å². The highest BCUT2D eigenvalue weighted by Gasteiger charge is 2.30. The molecule has 0 fully saturated rings. The molecule has 136 valence electrons. The van der Waals surface area contributed by atoms with Crippen molar-refractivity contribution in [2.75, 3.05) is 11.9 Å². The molecule has 2 rings (SSSR count). The van der Waals surface area contributed by atoms with E-state index < -0.39 is 17.3 Å². The zero-order chi connectivity index (χ0) is 18.8. The summed E-state index contributed by atoms with van der Waals surface area (Å²) >= 11 is 6.03. The summed E-state index contributed by atoms with van der Waals surface area (Å²) in [7, 11) is 0. The Bertz CT molecular complexity index is 791. The fraction of sp³-hybridized carbons (Fsp3) is 0.400. The minimum absolute atomic E-state index is 0.0695. The quantitative estimate of drug-likeness (QED) is 0.838. The number of alkyl halides is 3. The van der Waals surface area contributed by atoms with Crippen molar-refractivity contribution in [1.29, 1.82) is 0 Å². The van der Waals surface area contributed by atoms with Gasteiger partial charge in [-0.3, -0.25) is 4.79 Å². The Morgan fingerprint density at radius 1 is 1.32 bits per heavy atom. The summed E-state index contributed by atoms with van der Waals surface area (Å²) in [5.74, 6) is -0.0194. The van der Waals surface area contributed by atoms with E-state index in [0.29, 0.717) is 6.20 Å². The summed E-state index contributed by atoms with van der Waals surface area (Å²) in [6.45, 7) is 3.59. The second-order valence-electron chi connectivity index (χ2n) is 5.67. The van der Waals surface area contributed by atoms with Crippen molar-refractivity contribution in [3.63, 3.8) is 0 Å². The molecule has 0 spiro atoms. The van der Waals surface area contributed by atoms with Gasteiger partial charge in [-0.1, -0.05) is 25.4 Å². The normalized spacial score (nSPS) is 13.1. The number of pyridine rings is 1. The molecular weight excluding hydrogens is 361 g/mol. The Kier molecular flexibility index (Phi) is 5.69. The molecule has 0 amide bonds. The van der Waals surface area contributed by atoms with E-state index in [1.807, 2.05) is 13.8 Å². The lowest BCUT2D eigenvalue weighted by Gasteiger charge is -2.21. The summed E-state index contributed by atoms with van der Waals surface area (Å²) in [4.78, 5) is 15.9. The van der Waals surface area contributed by atoms with E-state index in [1.54, 1.807) is 0 Å². The second kappa shape index (κ2) is 7.40. The highest BCUT2D eigenvalue weighted by molar-refractivity contribution is 6.32. The first-order valence-corrected chi connectivity index (χ1v) is 7.71. The number of rotatable bonds is 5. The number of aliphatic hydroxyl groups is 1. The first-order chi connectivity index (χ1) is 11.6. The lowest BCUT2D eigenvalue weighted by molar-refractivity contribution is -0.137. The van der Waals surface area contributed by atoms with Gasteiger partial charge in [-0.25, -0.2) is 4.98 Å². The summed E-state index contributed by atoms with van der Waals surface area (Å²) in [6, 6.07) is 1.50. The van der Waals surface area contributed by atoms with Gasteiger partial charge in [0.05, 0.1) is 30.1 Å². The number of aromatic nitrogens is 3. The van der Waals surface area contributed by atoms with Crippen molar-refractivity contribution >= 4 is 17.3 Å². The number of nitrogens with zero attached hydrogens (tertiary/aromatic N) is 3. The standard InChI is InChI=1S/C15H16ClF3N4O2/c1-8(2)11(7-24)22-10-6-21-23(14(25)13(10)16)12-4-3-9(5-20-12)15(17,18)19/h3-6,8,11,22,24H,7H2,1-2H3/t11-/m1/s1. The molecule has 0 aliphatic carbocycles. The molecule has 0 saturated carbocycles. The minimum Gasteiger partial charge on any atom is -0.394 e. The maximum Gasteiger partial charge on any atom is 0.417 e.